The van der Waals surface area contributed by atoms with Gasteiger partial charge in [-0.2, -0.15) is 0 Å². The van der Waals surface area contributed by atoms with Crippen LogP contribution in [0.3, 0.4) is 0 Å². The molecule has 0 spiro atoms. The second-order valence-electron chi connectivity index (χ2n) is 3.28. The Labute approximate surface area is 81.3 Å². The van der Waals surface area contributed by atoms with Crippen LogP contribution in [0.25, 0.3) is 0 Å². The maximum Gasteiger partial charge on any atom is 0.134 e. The largest absolute Gasteiger partial charge is 0.378 e. The molecule has 0 radical (unpaired) electrons. The minimum absolute atomic E-state index is 0.292. The molecule has 1 atom stereocenters. The number of aromatic nitrogens is 2. The molecular weight excluding hydrogens is 186 g/mol. The highest BCUT2D eigenvalue weighted by Crippen LogP contribution is 2.18. The van der Waals surface area contributed by atoms with Crippen molar-refractivity contribution in [2.45, 2.75) is 25.9 Å². The molecule has 0 bridgehead atoms. The van der Waals surface area contributed by atoms with Gasteiger partial charge in [-0.3, -0.25) is 0 Å². The molecule has 0 aliphatic carbocycles. The molecule has 72 valence electrons. The van der Waals surface area contributed by atoms with Crippen molar-refractivity contribution < 1.29 is 4.74 Å². The molecule has 5 heteroatoms. The van der Waals surface area contributed by atoms with Crippen LogP contribution in [0.4, 0.5) is 0 Å². The van der Waals surface area contributed by atoms with E-state index in [-0.39, 0.29) is 0 Å². The van der Waals surface area contributed by atoms with Gasteiger partial charge in [-0.05, 0) is 13.8 Å². The maximum atomic E-state index is 5.08. The summed E-state index contributed by atoms with van der Waals surface area (Å²) in [7, 11) is 0. The van der Waals surface area contributed by atoms with Crippen molar-refractivity contribution in [2.75, 3.05) is 13.2 Å². The first-order valence-corrected chi connectivity index (χ1v) is 5.21. The predicted molar refractivity (Wildman–Crippen MR) is 50.8 cm³/mol. The summed E-state index contributed by atoms with van der Waals surface area (Å²) in [4.78, 5) is 0. The van der Waals surface area contributed by atoms with Crippen molar-refractivity contribution in [1.29, 1.82) is 0 Å². The summed E-state index contributed by atoms with van der Waals surface area (Å²) >= 11 is 1.65. The molecule has 1 unspecified atom stereocenters. The van der Waals surface area contributed by atoms with Gasteiger partial charge < -0.3 is 10.1 Å². The Balaban J connectivity index is 1.92. The first-order valence-electron chi connectivity index (χ1n) is 4.39. The van der Waals surface area contributed by atoms with Crippen LogP contribution < -0.4 is 5.32 Å². The normalized spacial score (nSPS) is 19.8. The quantitative estimate of drug-likeness (QED) is 0.785. The van der Waals surface area contributed by atoms with E-state index in [2.05, 4.69) is 22.4 Å². The maximum absolute atomic E-state index is 5.08. The van der Waals surface area contributed by atoms with Crippen molar-refractivity contribution in [3.05, 3.63) is 10.0 Å². The Morgan fingerprint density at radius 2 is 2.31 bits per heavy atom. The fourth-order valence-electron chi connectivity index (χ4n) is 1.24. The van der Waals surface area contributed by atoms with Crippen molar-refractivity contribution in [1.82, 2.24) is 15.5 Å². The lowest BCUT2D eigenvalue weighted by atomic mass is 10.2. The van der Waals surface area contributed by atoms with E-state index < -0.39 is 0 Å². The fraction of sp³-hybridized carbons (Fsp3) is 0.750. The third-order valence-corrected chi connectivity index (χ3v) is 3.06. The Bertz CT molecular complexity index is 285. The minimum atomic E-state index is 0.292. The second-order valence-corrected chi connectivity index (χ2v) is 4.50. The molecule has 1 aromatic heterocycles. The van der Waals surface area contributed by atoms with E-state index in [1.807, 2.05) is 6.92 Å². The highest BCUT2D eigenvalue weighted by molar-refractivity contribution is 7.11. The zero-order valence-corrected chi connectivity index (χ0v) is 8.60. The summed E-state index contributed by atoms with van der Waals surface area (Å²) in [5.41, 5.74) is 0. The van der Waals surface area contributed by atoms with Crippen molar-refractivity contribution in [3.63, 3.8) is 0 Å². The molecule has 1 aliphatic heterocycles. The van der Waals surface area contributed by atoms with Gasteiger partial charge in [0.2, 0.25) is 0 Å². The van der Waals surface area contributed by atoms with Crippen LogP contribution in [0.15, 0.2) is 0 Å². The summed E-state index contributed by atoms with van der Waals surface area (Å²) in [6.07, 6.45) is 0. The van der Waals surface area contributed by atoms with Crippen LogP contribution in [0.2, 0.25) is 0 Å². The van der Waals surface area contributed by atoms with Gasteiger partial charge in [0.15, 0.2) is 0 Å². The van der Waals surface area contributed by atoms with Gasteiger partial charge in [-0.15, -0.1) is 21.5 Å². The van der Waals surface area contributed by atoms with E-state index in [1.165, 1.54) is 0 Å². The highest BCUT2D eigenvalue weighted by atomic mass is 32.1. The number of ether oxygens (including phenoxy) is 1. The van der Waals surface area contributed by atoms with Crippen molar-refractivity contribution in [3.8, 4) is 0 Å². The third kappa shape index (κ3) is 2.04. The van der Waals surface area contributed by atoms with E-state index in [9.17, 15) is 0 Å². The molecule has 0 aromatic carbocycles. The third-order valence-electron chi connectivity index (χ3n) is 2.04. The van der Waals surface area contributed by atoms with Gasteiger partial charge >= 0.3 is 0 Å². The summed E-state index contributed by atoms with van der Waals surface area (Å²) in [5.74, 6) is 0. The number of aryl methyl sites for hydroxylation is 1. The molecule has 1 saturated heterocycles. The molecule has 2 rings (SSSR count). The molecule has 0 amide bonds. The van der Waals surface area contributed by atoms with E-state index in [0.29, 0.717) is 12.1 Å². The molecule has 0 saturated carbocycles. The van der Waals surface area contributed by atoms with Crippen LogP contribution >= 0.6 is 11.3 Å². The standard InChI is InChI=1S/C8H13N3OS/c1-5(9-7-3-12-4-7)8-11-10-6(2)13-8/h5,7,9H,3-4H2,1-2H3. The zero-order valence-electron chi connectivity index (χ0n) is 7.78. The second kappa shape index (κ2) is 3.69. The highest BCUT2D eigenvalue weighted by Gasteiger charge is 2.21. The number of rotatable bonds is 3. The lowest BCUT2D eigenvalue weighted by Crippen LogP contribution is -2.46. The molecule has 13 heavy (non-hydrogen) atoms. The number of hydrogen-bond donors (Lipinski definition) is 1. The van der Waals surface area contributed by atoms with E-state index in [4.69, 9.17) is 4.74 Å². The monoisotopic (exact) mass is 199 g/mol. The molecule has 2 heterocycles. The smallest absolute Gasteiger partial charge is 0.134 e. The summed E-state index contributed by atoms with van der Waals surface area (Å²) < 4.78 is 5.08. The topological polar surface area (TPSA) is 47.0 Å². The number of nitrogens with one attached hydrogen (secondary N) is 1. The predicted octanol–water partition coefficient (Wildman–Crippen LogP) is 0.896. The molecule has 1 N–H and O–H groups in total. The molecule has 4 nitrogen and oxygen atoms in total. The first kappa shape index (κ1) is 9.05. The lowest BCUT2D eigenvalue weighted by Gasteiger charge is -2.29. The van der Waals surface area contributed by atoms with Gasteiger partial charge in [0.05, 0.1) is 25.3 Å². The molecular formula is C8H13N3OS. The van der Waals surface area contributed by atoms with E-state index in [1.54, 1.807) is 11.3 Å². The molecule has 1 aromatic rings. The number of hydrogen-bond acceptors (Lipinski definition) is 5. The van der Waals surface area contributed by atoms with Gasteiger partial charge in [0.25, 0.3) is 0 Å². The van der Waals surface area contributed by atoms with Gasteiger partial charge in [0.1, 0.15) is 10.0 Å². The minimum Gasteiger partial charge on any atom is -0.378 e. The Morgan fingerprint density at radius 1 is 1.54 bits per heavy atom. The van der Waals surface area contributed by atoms with Crippen LogP contribution in [-0.2, 0) is 4.74 Å². The average molecular weight is 199 g/mol. The molecule has 1 fully saturated rings. The van der Waals surface area contributed by atoms with E-state index >= 15 is 0 Å². The van der Waals surface area contributed by atoms with Gasteiger partial charge in [-0.1, -0.05) is 0 Å². The first-order chi connectivity index (χ1) is 6.25. The number of nitrogens with zero attached hydrogens (tertiary/aromatic N) is 2. The summed E-state index contributed by atoms with van der Waals surface area (Å²) in [6, 6.07) is 0.791. The Morgan fingerprint density at radius 3 is 2.77 bits per heavy atom. The SMILES string of the molecule is Cc1nnc(C(C)NC2COC2)s1. The lowest BCUT2D eigenvalue weighted by molar-refractivity contribution is -0.00928. The van der Waals surface area contributed by atoms with Crippen LogP contribution in [0.5, 0.6) is 0 Å². The Kier molecular flexibility index (Phi) is 2.57. The fourth-order valence-corrected chi connectivity index (χ4v) is 1.95. The van der Waals surface area contributed by atoms with Gasteiger partial charge in [0, 0.05) is 0 Å². The molecule has 1 aliphatic rings. The van der Waals surface area contributed by atoms with Crippen molar-refractivity contribution in [2.24, 2.45) is 0 Å². The summed E-state index contributed by atoms with van der Waals surface area (Å²) in [5, 5.41) is 13.6. The Hall–Kier alpha value is -0.520. The van der Waals surface area contributed by atoms with E-state index in [0.717, 1.165) is 23.2 Å². The average Bonchev–Trinajstić information content (AvgIpc) is 2.44. The van der Waals surface area contributed by atoms with Crippen LogP contribution in [0.1, 0.15) is 23.0 Å². The zero-order chi connectivity index (χ0) is 9.26. The van der Waals surface area contributed by atoms with Crippen LogP contribution in [-0.4, -0.2) is 29.5 Å². The van der Waals surface area contributed by atoms with Gasteiger partial charge in [-0.25, -0.2) is 0 Å². The van der Waals surface area contributed by atoms with Crippen molar-refractivity contribution >= 4 is 11.3 Å². The summed E-state index contributed by atoms with van der Waals surface area (Å²) in [6.45, 7) is 5.73. The van der Waals surface area contributed by atoms with Crippen LogP contribution in [0, 0.1) is 6.92 Å².